The summed E-state index contributed by atoms with van der Waals surface area (Å²) in [4.78, 5) is 0. The normalized spacial score (nSPS) is 12.9. The number of fused-ring (bicyclic) bond motifs is 3. The van der Waals surface area contributed by atoms with Crippen LogP contribution in [0.25, 0.3) is 11.1 Å². The van der Waals surface area contributed by atoms with Crippen LogP contribution in [0.3, 0.4) is 0 Å². The van der Waals surface area contributed by atoms with Crippen molar-refractivity contribution in [2.24, 2.45) is 11.8 Å². The van der Waals surface area contributed by atoms with Crippen LogP contribution in [-0.2, 0) is 18.3 Å². The highest BCUT2D eigenvalue weighted by atomic mass is 16.5. The summed E-state index contributed by atoms with van der Waals surface area (Å²) in [5, 5.41) is 0. The lowest BCUT2D eigenvalue weighted by molar-refractivity contribution is 0.466. The summed E-state index contributed by atoms with van der Waals surface area (Å²) >= 11 is 0. The molecule has 0 spiro atoms. The Bertz CT molecular complexity index is 2070. The molecule has 51 heavy (non-hydrogen) atoms. The molecule has 0 saturated heterocycles. The van der Waals surface area contributed by atoms with Gasteiger partial charge in [0.2, 0.25) is 0 Å². The second-order valence-electron chi connectivity index (χ2n) is 14.9. The van der Waals surface area contributed by atoms with Crippen molar-refractivity contribution in [1.29, 1.82) is 0 Å². The molecular formula is C47H48N2O2. The molecule has 0 radical (unpaired) electrons. The van der Waals surface area contributed by atoms with E-state index in [1.165, 1.54) is 33.4 Å². The second-order valence-corrected chi connectivity index (χ2v) is 14.9. The highest BCUT2D eigenvalue weighted by Crippen LogP contribution is 2.57. The van der Waals surface area contributed by atoms with Gasteiger partial charge in [0, 0.05) is 11.4 Å². The molecule has 1 aliphatic rings. The Balaban J connectivity index is 1.35. The maximum Gasteiger partial charge on any atom is 0.130 e. The molecule has 4 nitrogen and oxygen atoms in total. The van der Waals surface area contributed by atoms with Crippen LogP contribution in [0.4, 0.5) is 11.4 Å². The number of benzene rings is 6. The van der Waals surface area contributed by atoms with E-state index in [2.05, 4.69) is 126 Å². The van der Waals surface area contributed by atoms with Crippen LogP contribution in [0.2, 0.25) is 0 Å². The molecule has 0 fully saturated rings. The van der Waals surface area contributed by atoms with Crippen LogP contribution in [0, 0.1) is 25.7 Å². The third-order valence-corrected chi connectivity index (χ3v) is 10.0. The maximum atomic E-state index is 6.64. The van der Waals surface area contributed by atoms with E-state index in [0.717, 1.165) is 69.5 Å². The average Bonchev–Trinajstić information content (AvgIpc) is 3.39. The first-order valence-electron chi connectivity index (χ1n) is 18.1. The first kappa shape index (κ1) is 34.0. The van der Waals surface area contributed by atoms with Crippen molar-refractivity contribution in [3.05, 3.63) is 166 Å². The summed E-state index contributed by atoms with van der Waals surface area (Å²) in [6, 6.07) is 42.9. The number of rotatable bonds is 10. The topological polar surface area (TPSA) is 70.5 Å². The number of anilines is 2. The van der Waals surface area contributed by atoms with E-state index in [1.807, 2.05) is 36.4 Å². The minimum Gasteiger partial charge on any atom is -0.457 e. The monoisotopic (exact) mass is 672 g/mol. The summed E-state index contributed by atoms with van der Waals surface area (Å²) in [5.41, 5.74) is 25.1. The van der Waals surface area contributed by atoms with Crippen molar-refractivity contribution in [2.45, 2.75) is 59.8 Å². The van der Waals surface area contributed by atoms with E-state index in [1.54, 1.807) is 0 Å². The summed E-state index contributed by atoms with van der Waals surface area (Å²) in [5.74, 6) is 4.34. The van der Waals surface area contributed by atoms with Gasteiger partial charge in [-0.2, -0.15) is 0 Å². The van der Waals surface area contributed by atoms with Crippen LogP contribution < -0.4 is 20.9 Å². The highest BCUT2D eigenvalue weighted by molar-refractivity contribution is 5.86. The summed E-state index contributed by atoms with van der Waals surface area (Å²) in [6.07, 6.45) is 1.79. The first-order valence-corrected chi connectivity index (χ1v) is 18.1. The van der Waals surface area contributed by atoms with Gasteiger partial charge in [-0.05, 0) is 143 Å². The molecule has 0 unspecified atom stereocenters. The minimum atomic E-state index is -0.548. The van der Waals surface area contributed by atoms with Crippen molar-refractivity contribution >= 4 is 11.4 Å². The smallest absolute Gasteiger partial charge is 0.130 e. The van der Waals surface area contributed by atoms with Crippen molar-refractivity contribution in [3.8, 4) is 34.1 Å². The number of ether oxygens (including phenoxy) is 2. The molecule has 0 atom stereocenters. The molecule has 4 N–H and O–H groups in total. The van der Waals surface area contributed by atoms with Gasteiger partial charge >= 0.3 is 0 Å². The average molecular weight is 673 g/mol. The van der Waals surface area contributed by atoms with E-state index in [-0.39, 0.29) is 0 Å². The SMILES string of the molecule is Cc1cc(C2(c3ccc(Oc4ccc(N)cc4CC(C)C)c(C)c3)c3ccccc3-c3ccccc32)ccc1Oc1ccc(N)cc1CC(C)C. The van der Waals surface area contributed by atoms with E-state index in [0.29, 0.717) is 11.8 Å². The van der Waals surface area contributed by atoms with Gasteiger partial charge in [0.25, 0.3) is 0 Å². The van der Waals surface area contributed by atoms with Gasteiger partial charge in [0.05, 0.1) is 5.41 Å². The summed E-state index contributed by atoms with van der Waals surface area (Å²) < 4.78 is 13.3. The van der Waals surface area contributed by atoms with Crippen molar-refractivity contribution in [1.82, 2.24) is 0 Å². The molecule has 0 amide bonds. The molecule has 0 aliphatic heterocycles. The minimum absolute atomic E-state index is 0.480. The molecule has 6 aromatic rings. The lowest BCUT2D eigenvalue weighted by atomic mass is 9.67. The predicted molar refractivity (Wildman–Crippen MR) is 212 cm³/mol. The summed E-state index contributed by atoms with van der Waals surface area (Å²) in [7, 11) is 0. The van der Waals surface area contributed by atoms with Gasteiger partial charge in [-0.3, -0.25) is 0 Å². The van der Waals surface area contributed by atoms with Crippen molar-refractivity contribution < 1.29 is 9.47 Å². The van der Waals surface area contributed by atoms with Gasteiger partial charge in [-0.1, -0.05) is 100 Å². The van der Waals surface area contributed by atoms with Gasteiger partial charge in [-0.25, -0.2) is 0 Å². The molecule has 1 aliphatic carbocycles. The number of nitrogens with two attached hydrogens (primary N) is 2. The van der Waals surface area contributed by atoms with Crippen LogP contribution in [0.15, 0.2) is 121 Å². The van der Waals surface area contributed by atoms with Crippen LogP contribution in [-0.4, -0.2) is 0 Å². The van der Waals surface area contributed by atoms with Gasteiger partial charge in [-0.15, -0.1) is 0 Å². The van der Waals surface area contributed by atoms with Crippen LogP contribution in [0.5, 0.6) is 23.0 Å². The van der Waals surface area contributed by atoms with Crippen molar-refractivity contribution in [2.75, 3.05) is 11.5 Å². The van der Waals surface area contributed by atoms with Crippen LogP contribution >= 0.6 is 0 Å². The van der Waals surface area contributed by atoms with Crippen LogP contribution in [0.1, 0.15) is 72.2 Å². The Morgan fingerprint density at radius 1 is 0.490 bits per heavy atom. The lowest BCUT2D eigenvalue weighted by Crippen LogP contribution is -2.28. The molecule has 4 heteroatoms. The standard InChI is InChI=1S/C47H48N2O2/c1-29(2)23-33-27-37(48)17-21-45(33)50-43-19-15-35(25-31(43)5)47(41-13-9-7-11-39(41)40-12-8-10-14-42(40)47)36-16-20-44(32(6)26-36)51-46-22-18-38(49)28-34(46)24-30(3)4/h7-22,25-30H,23-24,48-49H2,1-6H3. The molecule has 0 saturated carbocycles. The van der Waals surface area contributed by atoms with E-state index in [4.69, 9.17) is 20.9 Å². The Kier molecular flexibility index (Phi) is 9.12. The van der Waals surface area contributed by atoms with E-state index in [9.17, 15) is 0 Å². The zero-order valence-electron chi connectivity index (χ0n) is 30.6. The molecule has 0 heterocycles. The zero-order valence-corrected chi connectivity index (χ0v) is 30.6. The fourth-order valence-corrected chi connectivity index (χ4v) is 7.85. The summed E-state index contributed by atoms with van der Waals surface area (Å²) in [6.45, 7) is 13.1. The van der Waals surface area contributed by atoms with Crippen molar-refractivity contribution in [3.63, 3.8) is 0 Å². The fraction of sp³-hybridized carbons (Fsp3) is 0.234. The fourth-order valence-electron chi connectivity index (χ4n) is 7.85. The quantitative estimate of drug-likeness (QED) is 0.142. The molecule has 258 valence electrons. The van der Waals surface area contributed by atoms with E-state index >= 15 is 0 Å². The van der Waals surface area contributed by atoms with Gasteiger partial charge < -0.3 is 20.9 Å². The molecular weight excluding hydrogens is 625 g/mol. The third kappa shape index (κ3) is 6.36. The zero-order chi connectivity index (χ0) is 35.9. The number of aryl methyl sites for hydroxylation is 2. The lowest BCUT2D eigenvalue weighted by Gasteiger charge is -2.34. The number of hydrogen-bond acceptors (Lipinski definition) is 4. The molecule has 0 bridgehead atoms. The molecule has 7 rings (SSSR count). The predicted octanol–water partition coefficient (Wildman–Crippen LogP) is 11.8. The molecule has 6 aromatic carbocycles. The number of hydrogen-bond donors (Lipinski definition) is 2. The Morgan fingerprint density at radius 2 is 0.882 bits per heavy atom. The Hall–Kier alpha value is -5.48. The largest absolute Gasteiger partial charge is 0.457 e. The Morgan fingerprint density at radius 3 is 1.27 bits per heavy atom. The molecule has 0 aromatic heterocycles. The van der Waals surface area contributed by atoms with E-state index < -0.39 is 5.41 Å². The Labute approximate surface area is 303 Å². The maximum absolute atomic E-state index is 6.64. The van der Waals surface area contributed by atoms with Gasteiger partial charge in [0.15, 0.2) is 0 Å². The highest BCUT2D eigenvalue weighted by Gasteiger charge is 2.46. The third-order valence-electron chi connectivity index (χ3n) is 10.0. The first-order chi connectivity index (χ1) is 24.5. The number of nitrogen functional groups attached to an aromatic ring is 2. The van der Waals surface area contributed by atoms with Gasteiger partial charge in [0.1, 0.15) is 23.0 Å². The second kappa shape index (κ2) is 13.7.